The molecule has 1 saturated carbocycles. The van der Waals surface area contributed by atoms with E-state index in [-0.39, 0.29) is 12.3 Å². The second-order valence-electron chi connectivity index (χ2n) is 5.13. The van der Waals surface area contributed by atoms with Gasteiger partial charge in [-0.25, -0.2) is 8.78 Å². The number of hydrogen-bond acceptors (Lipinski definition) is 2. The Morgan fingerprint density at radius 1 is 1.24 bits per heavy atom. The van der Waals surface area contributed by atoms with Crippen LogP contribution in [0.1, 0.15) is 12.8 Å². The molecular weight excluding hydrogens is 222 g/mol. The number of rotatable bonds is 1. The Bertz CT molecular complexity index is 433. The number of halogens is 2. The molecule has 0 unspecified atom stereocenters. The molecule has 0 spiro atoms. The van der Waals surface area contributed by atoms with Gasteiger partial charge in [-0.05, 0) is 24.5 Å². The predicted molar refractivity (Wildman–Crippen MR) is 64.2 cm³/mol. The number of hydrogen-bond donors (Lipinski definition) is 1. The van der Waals surface area contributed by atoms with Gasteiger partial charge in [-0.3, -0.25) is 0 Å². The Labute approximate surface area is 99.4 Å². The van der Waals surface area contributed by atoms with Crippen LogP contribution in [0.4, 0.5) is 20.2 Å². The lowest BCUT2D eigenvalue weighted by Gasteiger charge is -2.23. The summed E-state index contributed by atoms with van der Waals surface area (Å²) in [5.74, 6) is -2.84. The molecule has 1 saturated heterocycles. The molecule has 0 aromatic heterocycles. The highest BCUT2D eigenvalue weighted by molar-refractivity contribution is 5.67. The van der Waals surface area contributed by atoms with Gasteiger partial charge in [-0.2, -0.15) is 0 Å². The first-order valence-corrected chi connectivity index (χ1v) is 6.05. The Morgan fingerprint density at radius 3 is 2.71 bits per heavy atom. The molecule has 2 atom stereocenters. The maximum Gasteiger partial charge on any atom is 0.252 e. The van der Waals surface area contributed by atoms with E-state index in [4.69, 9.17) is 5.73 Å². The first-order valence-electron chi connectivity index (χ1n) is 6.05. The molecule has 0 bridgehead atoms. The maximum atomic E-state index is 13.6. The summed E-state index contributed by atoms with van der Waals surface area (Å²) < 4.78 is 27.3. The van der Waals surface area contributed by atoms with Crippen LogP contribution in [0.2, 0.25) is 0 Å². The second-order valence-corrected chi connectivity index (χ2v) is 5.13. The zero-order valence-corrected chi connectivity index (χ0v) is 9.57. The molecule has 3 rings (SSSR count). The average molecular weight is 238 g/mol. The van der Waals surface area contributed by atoms with Crippen LogP contribution in [0.3, 0.4) is 0 Å². The number of nitrogen functional groups attached to an aromatic ring is 1. The molecule has 2 aliphatic rings. The van der Waals surface area contributed by atoms with Crippen molar-refractivity contribution in [1.29, 1.82) is 0 Å². The van der Waals surface area contributed by atoms with Crippen LogP contribution in [0.15, 0.2) is 24.3 Å². The molecule has 1 aromatic carbocycles. The summed E-state index contributed by atoms with van der Waals surface area (Å²) in [6.45, 7) is 1.15. The summed E-state index contributed by atoms with van der Waals surface area (Å²) in [4.78, 5) is 2.01. The number of nitrogens with two attached hydrogens (primary N) is 1. The fourth-order valence-corrected chi connectivity index (χ4v) is 3.18. The van der Waals surface area contributed by atoms with Crippen LogP contribution in [0.25, 0.3) is 0 Å². The van der Waals surface area contributed by atoms with Crippen LogP contribution < -0.4 is 10.6 Å². The number of para-hydroxylation sites is 2. The van der Waals surface area contributed by atoms with E-state index in [1.807, 2.05) is 29.2 Å². The molecule has 1 heterocycles. The molecule has 17 heavy (non-hydrogen) atoms. The molecule has 0 radical (unpaired) electrons. The number of benzene rings is 1. The van der Waals surface area contributed by atoms with Crippen molar-refractivity contribution in [2.45, 2.75) is 18.8 Å². The van der Waals surface area contributed by atoms with E-state index >= 15 is 0 Å². The van der Waals surface area contributed by atoms with Crippen molar-refractivity contribution in [3.05, 3.63) is 24.3 Å². The summed E-state index contributed by atoms with van der Waals surface area (Å²) in [6.07, 6.45) is 0.696. The lowest BCUT2D eigenvalue weighted by atomic mass is 9.99. The monoisotopic (exact) mass is 238 g/mol. The molecular formula is C13H16F2N2. The fraction of sp³-hybridized carbons (Fsp3) is 0.538. The van der Waals surface area contributed by atoms with Gasteiger partial charge in [0.2, 0.25) is 0 Å². The standard InChI is InChI=1S/C13H16F2N2/c14-13(15)6-5-9-7-17(8-10(9)13)12-4-2-1-3-11(12)16/h1-4,9-10H,5-8,16H2/t9-,10-/m1/s1. The zero-order chi connectivity index (χ0) is 12.0. The predicted octanol–water partition coefficient (Wildman–Crippen LogP) is 2.75. The van der Waals surface area contributed by atoms with Gasteiger partial charge >= 0.3 is 0 Å². The Balaban J connectivity index is 1.84. The van der Waals surface area contributed by atoms with E-state index in [9.17, 15) is 8.78 Å². The van der Waals surface area contributed by atoms with Crippen LogP contribution in [-0.2, 0) is 0 Å². The van der Waals surface area contributed by atoms with Crippen LogP contribution in [0, 0.1) is 11.8 Å². The average Bonchev–Trinajstić information content (AvgIpc) is 2.81. The zero-order valence-electron chi connectivity index (χ0n) is 9.57. The summed E-state index contributed by atoms with van der Waals surface area (Å²) in [5.41, 5.74) is 7.47. The summed E-state index contributed by atoms with van der Waals surface area (Å²) >= 11 is 0. The number of anilines is 2. The molecule has 2 N–H and O–H groups in total. The highest BCUT2D eigenvalue weighted by Crippen LogP contribution is 2.49. The molecule has 2 fully saturated rings. The molecule has 92 valence electrons. The van der Waals surface area contributed by atoms with Gasteiger partial charge in [0.15, 0.2) is 0 Å². The molecule has 1 aliphatic heterocycles. The highest BCUT2D eigenvalue weighted by Gasteiger charge is 2.53. The van der Waals surface area contributed by atoms with Crippen LogP contribution in [0.5, 0.6) is 0 Å². The topological polar surface area (TPSA) is 29.3 Å². The number of fused-ring (bicyclic) bond motifs is 1. The molecule has 0 amide bonds. The highest BCUT2D eigenvalue weighted by atomic mass is 19.3. The lowest BCUT2D eigenvalue weighted by Crippen LogP contribution is -2.29. The van der Waals surface area contributed by atoms with Crippen molar-refractivity contribution in [2.75, 3.05) is 23.7 Å². The largest absolute Gasteiger partial charge is 0.397 e. The molecule has 4 heteroatoms. The minimum absolute atomic E-state index is 0.0560. The quantitative estimate of drug-likeness (QED) is 0.762. The Kier molecular flexibility index (Phi) is 2.28. The van der Waals surface area contributed by atoms with Crippen molar-refractivity contribution < 1.29 is 8.78 Å². The van der Waals surface area contributed by atoms with Crippen LogP contribution in [-0.4, -0.2) is 19.0 Å². The fourth-order valence-electron chi connectivity index (χ4n) is 3.18. The van der Waals surface area contributed by atoms with E-state index in [0.717, 1.165) is 5.69 Å². The van der Waals surface area contributed by atoms with E-state index < -0.39 is 11.8 Å². The first kappa shape index (κ1) is 10.8. The van der Waals surface area contributed by atoms with Gasteiger partial charge in [-0.15, -0.1) is 0 Å². The third-order valence-electron chi connectivity index (χ3n) is 4.11. The van der Waals surface area contributed by atoms with Gasteiger partial charge in [-0.1, -0.05) is 12.1 Å². The third kappa shape index (κ3) is 1.66. The van der Waals surface area contributed by atoms with E-state index in [1.54, 1.807) is 0 Å². The Hall–Kier alpha value is -1.32. The van der Waals surface area contributed by atoms with Gasteiger partial charge in [0.05, 0.1) is 11.4 Å². The summed E-state index contributed by atoms with van der Waals surface area (Å²) in [5, 5.41) is 0. The van der Waals surface area contributed by atoms with Crippen molar-refractivity contribution in [3.8, 4) is 0 Å². The smallest absolute Gasteiger partial charge is 0.252 e. The number of nitrogens with zero attached hydrogens (tertiary/aromatic N) is 1. The minimum atomic E-state index is -2.48. The number of alkyl halides is 2. The maximum absolute atomic E-state index is 13.6. The van der Waals surface area contributed by atoms with E-state index in [0.29, 0.717) is 25.2 Å². The molecule has 1 aliphatic carbocycles. The van der Waals surface area contributed by atoms with Crippen molar-refractivity contribution in [3.63, 3.8) is 0 Å². The van der Waals surface area contributed by atoms with Crippen molar-refractivity contribution in [1.82, 2.24) is 0 Å². The van der Waals surface area contributed by atoms with Crippen molar-refractivity contribution in [2.24, 2.45) is 11.8 Å². The summed E-state index contributed by atoms with van der Waals surface area (Å²) in [6, 6.07) is 7.50. The summed E-state index contributed by atoms with van der Waals surface area (Å²) in [7, 11) is 0. The lowest BCUT2D eigenvalue weighted by molar-refractivity contribution is -0.0351. The van der Waals surface area contributed by atoms with Gasteiger partial charge < -0.3 is 10.6 Å². The van der Waals surface area contributed by atoms with E-state index in [1.165, 1.54) is 0 Å². The van der Waals surface area contributed by atoms with Crippen molar-refractivity contribution >= 4 is 11.4 Å². The third-order valence-corrected chi connectivity index (χ3v) is 4.11. The molecule has 1 aromatic rings. The minimum Gasteiger partial charge on any atom is -0.397 e. The normalized spacial score (nSPS) is 30.6. The Morgan fingerprint density at radius 2 is 2.00 bits per heavy atom. The van der Waals surface area contributed by atoms with Gasteiger partial charge in [0, 0.05) is 25.4 Å². The van der Waals surface area contributed by atoms with E-state index in [2.05, 4.69) is 0 Å². The first-order chi connectivity index (χ1) is 8.08. The van der Waals surface area contributed by atoms with Gasteiger partial charge in [0.25, 0.3) is 5.92 Å². The second kappa shape index (κ2) is 3.59. The molecule has 2 nitrogen and oxygen atoms in total. The van der Waals surface area contributed by atoms with Gasteiger partial charge in [0.1, 0.15) is 0 Å². The SMILES string of the molecule is Nc1ccccc1N1C[C@H]2CCC(F)(F)[C@@H]2C1. The van der Waals surface area contributed by atoms with Crippen LogP contribution >= 0.6 is 0 Å².